The van der Waals surface area contributed by atoms with E-state index in [1.165, 1.54) is 0 Å². The van der Waals surface area contributed by atoms with Crippen molar-refractivity contribution in [3.05, 3.63) is 25.3 Å². The highest BCUT2D eigenvalue weighted by molar-refractivity contribution is 4.85. The average Bonchev–Trinajstić information content (AvgIpc) is 2.11. The number of aliphatic hydroxyl groups is 2. The second-order valence-corrected chi connectivity index (χ2v) is 2.58. The van der Waals surface area contributed by atoms with Gasteiger partial charge in [0.2, 0.25) is 0 Å². The Kier molecular flexibility index (Phi) is 6.66. The molecule has 0 saturated heterocycles. The van der Waals surface area contributed by atoms with E-state index in [0.29, 0.717) is 13.0 Å². The Hall–Kier alpha value is -0.640. The zero-order chi connectivity index (χ0) is 9.40. The van der Waals surface area contributed by atoms with Gasteiger partial charge in [0.15, 0.2) is 0 Å². The minimum Gasteiger partial charge on any atom is -0.394 e. The Morgan fingerprint density at radius 3 is 2.42 bits per heavy atom. The Morgan fingerprint density at radius 2 is 2.00 bits per heavy atom. The Bertz CT molecular complexity index is 136. The van der Waals surface area contributed by atoms with Gasteiger partial charge in [-0.2, -0.15) is 0 Å². The van der Waals surface area contributed by atoms with Crippen molar-refractivity contribution < 1.29 is 10.2 Å². The average molecular weight is 171 g/mol. The molecule has 70 valence electrons. The van der Waals surface area contributed by atoms with Gasteiger partial charge in [-0.1, -0.05) is 12.2 Å². The first-order chi connectivity index (χ1) is 5.76. The SMILES string of the molecule is C=CCN[C@H](CC=C)[C@H](O)CO. The van der Waals surface area contributed by atoms with Gasteiger partial charge in [0.05, 0.1) is 12.7 Å². The number of nitrogens with one attached hydrogen (secondary N) is 1. The monoisotopic (exact) mass is 171 g/mol. The molecule has 2 atom stereocenters. The molecule has 3 heteroatoms. The molecule has 0 radical (unpaired) electrons. The molecule has 0 aromatic heterocycles. The van der Waals surface area contributed by atoms with Gasteiger partial charge in [-0.15, -0.1) is 13.2 Å². The fourth-order valence-corrected chi connectivity index (χ4v) is 0.918. The van der Waals surface area contributed by atoms with Crippen LogP contribution in [0.15, 0.2) is 25.3 Å². The van der Waals surface area contributed by atoms with E-state index in [1.807, 2.05) is 0 Å². The fraction of sp³-hybridized carbons (Fsp3) is 0.556. The van der Waals surface area contributed by atoms with Crippen LogP contribution in [0.4, 0.5) is 0 Å². The molecule has 0 amide bonds. The van der Waals surface area contributed by atoms with Crippen molar-refractivity contribution in [1.29, 1.82) is 0 Å². The normalized spacial score (nSPS) is 15.2. The molecule has 0 unspecified atom stereocenters. The number of hydrogen-bond acceptors (Lipinski definition) is 3. The summed E-state index contributed by atoms with van der Waals surface area (Å²) in [6.07, 6.45) is 3.32. The first kappa shape index (κ1) is 11.4. The van der Waals surface area contributed by atoms with E-state index in [9.17, 15) is 5.11 Å². The van der Waals surface area contributed by atoms with Crippen LogP contribution in [0.3, 0.4) is 0 Å². The van der Waals surface area contributed by atoms with Crippen LogP contribution in [0.5, 0.6) is 0 Å². The molecule has 0 heterocycles. The molecule has 0 saturated carbocycles. The smallest absolute Gasteiger partial charge is 0.0926 e. The quantitative estimate of drug-likeness (QED) is 0.475. The second kappa shape index (κ2) is 7.03. The second-order valence-electron chi connectivity index (χ2n) is 2.58. The highest BCUT2D eigenvalue weighted by Gasteiger charge is 2.14. The third kappa shape index (κ3) is 4.28. The van der Waals surface area contributed by atoms with Crippen LogP contribution in [0, 0.1) is 0 Å². The molecule has 0 fully saturated rings. The van der Waals surface area contributed by atoms with Crippen LogP contribution >= 0.6 is 0 Å². The molecule has 0 spiro atoms. The van der Waals surface area contributed by atoms with Gasteiger partial charge in [0, 0.05) is 12.6 Å². The summed E-state index contributed by atoms with van der Waals surface area (Å²) in [4.78, 5) is 0. The van der Waals surface area contributed by atoms with Gasteiger partial charge in [0.25, 0.3) is 0 Å². The maximum atomic E-state index is 9.28. The molecule has 3 N–H and O–H groups in total. The molecule has 0 rings (SSSR count). The molecule has 0 bridgehead atoms. The Morgan fingerprint density at radius 1 is 1.33 bits per heavy atom. The highest BCUT2D eigenvalue weighted by Crippen LogP contribution is 1.99. The first-order valence-corrected chi connectivity index (χ1v) is 4.00. The lowest BCUT2D eigenvalue weighted by molar-refractivity contribution is 0.0647. The summed E-state index contributed by atoms with van der Waals surface area (Å²) >= 11 is 0. The molecule has 0 aliphatic heterocycles. The third-order valence-corrected chi connectivity index (χ3v) is 1.60. The summed E-state index contributed by atoms with van der Waals surface area (Å²) in [7, 11) is 0. The topological polar surface area (TPSA) is 52.5 Å². The molecule has 0 aliphatic carbocycles. The van der Waals surface area contributed by atoms with E-state index in [-0.39, 0.29) is 12.6 Å². The Labute approximate surface area is 73.4 Å². The van der Waals surface area contributed by atoms with E-state index in [0.717, 1.165) is 0 Å². The van der Waals surface area contributed by atoms with E-state index in [2.05, 4.69) is 18.5 Å². The highest BCUT2D eigenvalue weighted by atomic mass is 16.3. The molecular formula is C9H17NO2. The largest absolute Gasteiger partial charge is 0.394 e. The van der Waals surface area contributed by atoms with E-state index >= 15 is 0 Å². The minimum atomic E-state index is -0.733. The van der Waals surface area contributed by atoms with Crippen molar-refractivity contribution in [2.24, 2.45) is 0 Å². The van der Waals surface area contributed by atoms with Gasteiger partial charge in [-0.25, -0.2) is 0 Å². The molecular weight excluding hydrogens is 154 g/mol. The van der Waals surface area contributed by atoms with Crippen LogP contribution in [0.25, 0.3) is 0 Å². The summed E-state index contributed by atoms with van der Waals surface area (Å²) in [5.74, 6) is 0. The lowest BCUT2D eigenvalue weighted by Crippen LogP contribution is -2.41. The van der Waals surface area contributed by atoms with Crippen LogP contribution in [0.2, 0.25) is 0 Å². The van der Waals surface area contributed by atoms with E-state index in [4.69, 9.17) is 5.11 Å². The zero-order valence-electron chi connectivity index (χ0n) is 7.24. The number of aliphatic hydroxyl groups excluding tert-OH is 2. The number of hydrogen-bond donors (Lipinski definition) is 3. The van der Waals surface area contributed by atoms with Crippen molar-refractivity contribution >= 4 is 0 Å². The summed E-state index contributed by atoms with van der Waals surface area (Å²) in [5, 5.41) is 21.0. The number of rotatable bonds is 7. The molecule has 0 aliphatic rings. The van der Waals surface area contributed by atoms with Crippen molar-refractivity contribution in [3.63, 3.8) is 0 Å². The van der Waals surface area contributed by atoms with Gasteiger partial charge in [-0.05, 0) is 6.42 Å². The zero-order valence-corrected chi connectivity index (χ0v) is 7.24. The lowest BCUT2D eigenvalue weighted by atomic mass is 10.1. The predicted molar refractivity (Wildman–Crippen MR) is 49.9 cm³/mol. The summed E-state index contributed by atoms with van der Waals surface area (Å²) in [5.41, 5.74) is 0. The van der Waals surface area contributed by atoms with Gasteiger partial charge < -0.3 is 15.5 Å². The van der Waals surface area contributed by atoms with Crippen molar-refractivity contribution in [2.45, 2.75) is 18.6 Å². The lowest BCUT2D eigenvalue weighted by Gasteiger charge is -2.20. The summed E-state index contributed by atoms with van der Waals surface area (Å²) in [6, 6.07) is -0.134. The molecule has 3 nitrogen and oxygen atoms in total. The van der Waals surface area contributed by atoms with Crippen LogP contribution < -0.4 is 5.32 Å². The van der Waals surface area contributed by atoms with Crippen molar-refractivity contribution in [1.82, 2.24) is 5.32 Å². The van der Waals surface area contributed by atoms with E-state index in [1.54, 1.807) is 12.2 Å². The maximum absolute atomic E-state index is 9.28. The standard InChI is InChI=1S/C9H17NO2/c1-3-5-8(9(12)7-11)10-6-4-2/h3-4,8-12H,1-2,5-7H2/t8-,9-/m1/s1. The van der Waals surface area contributed by atoms with Gasteiger partial charge >= 0.3 is 0 Å². The van der Waals surface area contributed by atoms with E-state index < -0.39 is 6.10 Å². The Balaban J connectivity index is 3.83. The van der Waals surface area contributed by atoms with Gasteiger partial charge in [-0.3, -0.25) is 0 Å². The minimum absolute atomic E-state index is 0.134. The first-order valence-electron chi connectivity index (χ1n) is 4.00. The molecule has 0 aromatic rings. The van der Waals surface area contributed by atoms with Crippen LogP contribution in [-0.2, 0) is 0 Å². The summed E-state index contributed by atoms with van der Waals surface area (Å²) < 4.78 is 0. The predicted octanol–water partition coefficient (Wildman–Crippen LogP) is 0.0599. The van der Waals surface area contributed by atoms with Crippen molar-refractivity contribution in [3.8, 4) is 0 Å². The van der Waals surface area contributed by atoms with Crippen molar-refractivity contribution in [2.75, 3.05) is 13.2 Å². The van der Waals surface area contributed by atoms with Crippen LogP contribution in [0.1, 0.15) is 6.42 Å². The molecule has 0 aromatic carbocycles. The summed E-state index contributed by atoms with van der Waals surface area (Å²) in [6.45, 7) is 7.50. The maximum Gasteiger partial charge on any atom is 0.0926 e. The third-order valence-electron chi connectivity index (χ3n) is 1.60. The van der Waals surface area contributed by atoms with Gasteiger partial charge in [0.1, 0.15) is 0 Å². The fourth-order valence-electron chi connectivity index (χ4n) is 0.918. The van der Waals surface area contributed by atoms with Crippen LogP contribution in [-0.4, -0.2) is 35.5 Å². The molecule has 12 heavy (non-hydrogen) atoms.